The molecule has 108 valence electrons. The molecule has 4 nitrogen and oxygen atoms in total. The molecule has 0 aromatic carbocycles. The van der Waals surface area contributed by atoms with Gasteiger partial charge in [-0.25, -0.2) is 0 Å². The van der Waals surface area contributed by atoms with Crippen LogP contribution in [0, 0.1) is 5.92 Å². The molecule has 0 amide bonds. The predicted octanol–water partition coefficient (Wildman–Crippen LogP) is 2.83. The fourth-order valence-corrected chi connectivity index (χ4v) is 2.25. The van der Waals surface area contributed by atoms with Crippen LogP contribution in [0.4, 0.5) is 0 Å². The van der Waals surface area contributed by atoms with Crippen LogP contribution >= 0.6 is 0 Å². The van der Waals surface area contributed by atoms with Gasteiger partial charge in [0, 0.05) is 19.6 Å². The molecule has 0 aliphatic rings. The Hall–Kier alpha value is -0.233. The highest BCUT2D eigenvalue weighted by molar-refractivity contribution is 6.74. The molecule has 0 heterocycles. The van der Waals surface area contributed by atoms with Crippen LogP contribution in [0.5, 0.6) is 0 Å². The van der Waals surface area contributed by atoms with E-state index in [0.717, 1.165) is 6.29 Å². The van der Waals surface area contributed by atoms with Gasteiger partial charge in [0.2, 0.25) is 0 Å². The molecule has 18 heavy (non-hydrogen) atoms. The van der Waals surface area contributed by atoms with Crippen LogP contribution in [0.15, 0.2) is 0 Å². The summed E-state index contributed by atoms with van der Waals surface area (Å²) < 4.78 is 16.2. The van der Waals surface area contributed by atoms with Crippen LogP contribution in [0.3, 0.4) is 0 Å². The Bertz CT molecular complexity index is 248. The maximum absolute atomic E-state index is 10.9. The SMILES string of the molecule is COCO[C@H](C=O)[C@@H](C)CO[Si](C)(C)C(C)(C)C. The Morgan fingerprint density at radius 1 is 1.28 bits per heavy atom. The summed E-state index contributed by atoms with van der Waals surface area (Å²) in [6.07, 6.45) is 0.355. The summed E-state index contributed by atoms with van der Waals surface area (Å²) in [7, 11) is -0.220. The lowest BCUT2D eigenvalue weighted by Crippen LogP contribution is -2.43. The molecule has 0 aromatic rings. The summed E-state index contributed by atoms with van der Waals surface area (Å²) in [5, 5.41) is 0.177. The minimum absolute atomic E-state index is 0.0341. The summed E-state index contributed by atoms with van der Waals surface area (Å²) in [4.78, 5) is 10.9. The smallest absolute Gasteiger partial charge is 0.191 e. The fraction of sp³-hybridized carbons (Fsp3) is 0.923. The van der Waals surface area contributed by atoms with E-state index in [1.165, 1.54) is 0 Å². The molecule has 0 N–H and O–H groups in total. The van der Waals surface area contributed by atoms with Gasteiger partial charge in [-0.3, -0.25) is 0 Å². The number of carbonyl (C=O) groups is 1. The molecule has 0 aromatic heterocycles. The van der Waals surface area contributed by atoms with Crippen molar-refractivity contribution in [2.45, 2.75) is 51.9 Å². The third-order valence-electron chi connectivity index (χ3n) is 3.59. The van der Waals surface area contributed by atoms with E-state index in [-0.39, 0.29) is 17.7 Å². The quantitative estimate of drug-likeness (QED) is 0.388. The zero-order chi connectivity index (χ0) is 14.4. The largest absolute Gasteiger partial charge is 0.416 e. The molecule has 5 heteroatoms. The van der Waals surface area contributed by atoms with E-state index in [9.17, 15) is 4.79 Å². The zero-order valence-electron chi connectivity index (χ0n) is 12.8. The van der Waals surface area contributed by atoms with Crippen LogP contribution in [0.2, 0.25) is 18.1 Å². The molecule has 0 rings (SSSR count). The van der Waals surface area contributed by atoms with E-state index >= 15 is 0 Å². The van der Waals surface area contributed by atoms with E-state index in [1.54, 1.807) is 7.11 Å². The van der Waals surface area contributed by atoms with E-state index in [2.05, 4.69) is 33.9 Å². The topological polar surface area (TPSA) is 44.8 Å². The first-order valence-corrected chi connectivity index (χ1v) is 9.26. The minimum atomic E-state index is -1.76. The molecular formula is C13H28O4Si. The molecule has 0 saturated carbocycles. The van der Waals surface area contributed by atoms with Crippen molar-refractivity contribution in [3.05, 3.63) is 0 Å². The first-order chi connectivity index (χ1) is 8.15. The molecule has 0 spiro atoms. The highest BCUT2D eigenvalue weighted by Crippen LogP contribution is 2.36. The van der Waals surface area contributed by atoms with Gasteiger partial charge < -0.3 is 18.7 Å². The van der Waals surface area contributed by atoms with Crippen LogP contribution < -0.4 is 0 Å². The van der Waals surface area contributed by atoms with Gasteiger partial charge in [0.25, 0.3) is 0 Å². The van der Waals surface area contributed by atoms with Crippen molar-refractivity contribution in [3.63, 3.8) is 0 Å². The van der Waals surface area contributed by atoms with Crippen molar-refractivity contribution in [1.82, 2.24) is 0 Å². The van der Waals surface area contributed by atoms with Gasteiger partial charge >= 0.3 is 0 Å². The molecule has 0 aliphatic carbocycles. The summed E-state index contributed by atoms with van der Waals surface area (Å²) in [6.45, 7) is 13.6. The number of hydrogen-bond acceptors (Lipinski definition) is 4. The predicted molar refractivity (Wildman–Crippen MR) is 75.1 cm³/mol. The van der Waals surface area contributed by atoms with E-state index < -0.39 is 14.4 Å². The monoisotopic (exact) mass is 276 g/mol. The highest BCUT2D eigenvalue weighted by atomic mass is 28.4. The van der Waals surface area contributed by atoms with Gasteiger partial charge in [0.05, 0.1) is 0 Å². The third kappa shape index (κ3) is 5.61. The van der Waals surface area contributed by atoms with E-state index in [1.807, 2.05) is 6.92 Å². The minimum Gasteiger partial charge on any atom is -0.416 e. The number of methoxy groups -OCH3 is 1. The number of hydrogen-bond donors (Lipinski definition) is 0. The second-order valence-electron chi connectivity index (χ2n) is 6.22. The van der Waals surface area contributed by atoms with Gasteiger partial charge in [0.1, 0.15) is 19.2 Å². The highest BCUT2D eigenvalue weighted by Gasteiger charge is 2.37. The molecule has 0 fully saturated rings. The van der Waals surface area contributed by atoms with E-state index in [0.29, 0.717) is 6.61 Å². The number of ether oxygens (including phenoxy) is 2. The number of rotatable bonds is 8. The maximum atomic E-state index is 10.9. The van der Waals surface area contributed by atoms with Gasteiger partial charge in [-0.05, 0) is 18.1 Å². The van der Waals surface area contributed by atoms with Crippen molar-refractivity contribution in [1.29, 1.82) is 0 Å². The van der Waals surface area contributed by atoms with Crippen LogP contribution in [-0.2, 0) is 18.7 Å². The van der Waals surface area contributed by atoms with E-state index in [4.69, 9.17) is 13.9 Å². The normalized spacial score (nSPS) is 16.4. The van der Waals surface area contributed by atoms with Gasteiger partial charge in [-0.15, -0.1) is 0 Å². The Balaban J connectivity index is 4.30. The van der Waals surface area contributed by atoms with Crippen molar-refractivity contribution < 1.29 is 18.7 Å². The molecular weight excluding hydrogens is 248 g/mol. The van der Waals surface area contributed by atoms with Crippen LogP contribution in [-0.4, -0.2) is 41.2 Å². The zero-order valence-corrected chi connectivity index (χ0v) is 13.8. The Morgan fingerprint density at radius 2 is 1.83 bits per heavy atom. The molecule has 0 bridgehead atoms. The van der Waals surface area contributed by atoms with Crippen LogP contribution in [0.1, 0.15) is 27.7 Å². The van der Waals surface area contributed by atoms with Crippen molar-refractivity contribution >= 4 is 14.6 Å². The lowest BCUT2D eigenvalue weighted by Gasteiger charge is -2.37. The fourth-order valence-electron chi connectivity index (χ4n) is 1.14. The second-order valence-corrected chi connectivity index (χ2v) is 11.0. The lowest BCUT2D eigenvalue weighted by molar-refractivity contribution is -0.134. The van der Waals surface area contributed by atoms with Crippen molar-refractivity contribution in [2.75, 3.05) is 20.5 Å². The Kier molecular flexibility index (Phi) is 7.28. The van der Waals surface area contributed by atoms with Gasteiger partial charge in [-0.2, -0.15) is 0 Å². The molecule has 0 unspecified atom stereocenters. The van der Waals surface area contributed by atoms with Gasteiger partial charge in [0.15, 0.2) is 8.32 Å². The third-order valence-corrected chi connectivity index (χ3v) is 8.09. The molecule has 2 atom stereocenters. The first-order valence-electron chi connectivity index (χ1n) is 6.35. The Morgan fingerprint density at radius 3 is 2.22 bits per heavy atom. The Labute approximate surface area is 112 Å². The summed E-state index contributed by atoms with van der Waals surface area (Å²) >= 11 is 0. The molecule has 0 aliphatic heterocycles. The first kappa shape index (κ1) is 17.8. The van der Waals surface area contributed by atoms with Gasteiger partial charge in [-0.1, -0.05) is 27.7 Å². The summed E-state index contributed by atoms with van der Waals surface area (Å²) in [5.41, 5.74) is 0. The average Bonchev–Trinajstić information content (AvgIpc) is 2.26. The standard InChI is InChI=1S/C13H28O4Si/c1-11(12(8-14)16-10-15-5)9-17-18(6,7)13(2,3)4/h8,11-12H,9-10H2,1-7H3/t11-,12+/m0/s1. The summed E-state index contributed by atoms with van der Waals surface area (Å²) in [5.74, 6) is 0.0341. The summed E-state index contributed by atoms with van der Waals surface area (Å²) in [6, 6.07) is 0. The number of aldehydes is 1. The van der Waals surface area contributed by atoms with Crippen molar-refractivity contribution in [2.24, 2.45) is 5.92 Å². The molecule has 0 saturated heterocycles. The average molecular weight is 276 g/mol. The second kappa shape index (κ2) is 7.38. The van der Waals surface area contributed by atoms with Crippen LogP contribution in [0.25, 0.3) is 0 Å². The lowest BCUT2D eigenvalue weighted by atomic mass is 10.1. The molecule has 0 radical (unpaired) electrons. The van der Waals surface area contributed by atoms with Crippen molar-refractivity contribution in [3.8, 4) is 0 Å². The maximum Gasteiger partial charge on any atom is 0.191 e. The number of carbonyl (C=O) groups excluding carboxylic acids is 1.